The number of nitrogens with one attached hydrogen (secondary N) is 1. The first kappa shape index (κ1) is 11.3. The molecular formula is C12H15NO2. The number of hydrogen-bond acceptors (Lipinski definition) is 3. The van der Waals surface area contributed by atoms with Crippen molar-refractivity contribution in [2.75, 3.05) is 13.7 Å². The van der Waals surface area contributed by atoms with E-state index < -0.39 is 0 Å². The largest absolute Gasteiger partial charge is 0.466 e. The lowest BCUT2D eigenvalue weighted by molar-refractivity contribution is -0.134. The van der Waals surface area contributed by atoms with E-state index in [0.717, 1.165) is 13.0 Å². The van der Waals surface area contributed by atoms with Crippen LogP contribution >= 0.6 is 0 Å². The topological polar surface area (TPSA) is 38.3 Å². The molecule has 3 heteroatoms. The molecule has 0 aromatic heterocycles. The molecule has 0 aliphatic carbocycles. The van der Waals surface area contributed by atoms with Gasteiger partial charge in [-0.2, -0.15) is 0 Å². The van der Waals surface area contributed by atoms with Crippen molar-refractivity contribution in [1.29, 1.82) is 0 Å². The summed E-state index contributed by atoms with van der Waals surface area (Å²) >= 11 is 0. The van der Waals surface area contributed by atoms with E-state index in [2.05, 4.69) is 22.2 Å². The lowest BCUT2D eigenvalue weighted by Crippen LogP contribution is -2.10. The predicted octanol–water partition coefficient (Wildman–Crippen LogP) is 1.51. The third-order valence-corrected chi connectivity index (χ3v) is 1.94. The van der Waals surface area contributed by atoms with Crippen LogP contribution in [0.4, 0.5) is 0 Å². The standard InChI is InChI=1S/C12H15NO2/c1-15-12(14)8-10-13-9-7-11-5-3-2-4-6-11/h2-6,8,10,13H,7,9H2,1H3/b10-8+. The van der Waals surface area contributed by atoms with Crippen molar-refractivity contribution in [3.8, 4) is 0 Å². The van der Waals surface area contributed by atoms with Crippen LogP contribution in [0.2, 0.25) is 0 Å². The fraction of sp³-hybridized carbons (Fsp3) is 0.250. The van der Waals surface area contributed by atoms with Crippen LogP contribution in [0.15, 0.2) is 42.6 Å². The number of esters is 1. The van der Waals surface area contributed by atoms with Crippen molar-refractivity contribution in [1.82, 2.24) is 5.32 Å². The zero-order valence-corrected chi connectivity index (χ0v) is 8.77. The minimum absolute atomic E-state index is 0.345. The Bertz CT molecular complexity index is 320. The van der Waals surface area contributed by atoms with Crippen LogP contribution in [-0.4, -0.2) is 19.6 Å². The van der Waals surface area contributed by atoms with Crippen LogP contribution in [0, 0.1) is 0 Å². The molecule has 0 saturated carbocycles. The van der Waals surface area contributed by atoms with Crippen LogP contribution in [0.3, 0.4) is 0 Å². The summed E-state index contributed by atoms with van der Waals surface area (Å²) in [5.41, 5.74) is 1.27. The first-order valence-electron chi connectivity index (χ1n) is 4.84. The average Bonchev–Trinajstić information content (AvgIpc) is 2.29. The highest BCUT2D eigenvalue weighted by Crippen LogP contribution is 1.97. The van der Waals surface area contributed by atoms with Crippen molar-refractivity contribution in [2.24, 2.45) is 0 Å². The molecule has 1 rings (SSSR count). The molecule has 0 radical (unpaired) electrons. The second kappa shape index (κ2) is 6.65. The number of rotatable bonds is 5. The Morgan fingerprint density at radius 1 is 1.40 bits per heavy atom. The third kappa shape index (κ3) is 4.86. The summed E-state index contributed by atoms with van der Waals surface area (Å²) in [4.78, 5) is 10.7. The van der Waals surface area contributed by atoms with Gasteiger partial charge in [0, 0.05) is 18.8 Å². The molecule has 0 aliphatic rings. The van der Waals surface area contributed by atoms with Crippen molar-refractivity contribution in [3.63, 3.8) is 0 Å². The maximum atomic E-state index is 10.7. The van der Waals surface area contributed by atoms with Crippen molar-refractivity contribution >= 4 is 5.97 Å². The Morgan fingerprint density at radius 2 is 2.13 bits per heavy atom. The van der Waals surface area contributed by atoms with Crippen molar-refractivity contribution in [2.45, 2.75) is 6.42 Å². The Hall–Kier alpha value is -1.77. The summed E-state index contributed by atoms with van der Waals surface area (Å²) in [5, 5.41) is 3.02. The Kier molecular flexibility index (Phi) is 5.01. The first-order chi connectivity index (χ1) is 7.33. The van der Waals surface area contributed by atoms with Gasteiger partial charge >= 0.3 is 5.97 Å². The second-order valence-corrected chi connectivity index (χ2v) is 3.05. The SMILES string of the molecule is COC(=O)/C=C/NCCc1ccccc1. The Morgan fingerprint density at radius 3 is 2.80 bits per heavy atom. The minimum Gasteiger partial charge on any atom is -0.466 e. The van der Waals surface area contributed by atoms with Gasteiger partial charge < -0.3 is 10.1 Å². The zero-order chi connectivity index (χ0) is 10.9. The maximum Gasteiger partial charge on any atom is 0.331 e. The molecule has 1 N–H and O–H groups in total. The maximum absolute atomic E-state index is 10.7. The fourth-order valence-corrected chi connectivity index (χ4v) is 1.14. The highest BCUT2D eigenvalue weighted by Gasteiger charge is 1.90. The van der Waals surface area contributed by atoms with Gasteiger partial charge in [0.05, 0.1) is 7.11 Å². The summed E-state index contributed by atoms with van der Waals surface area (Å²) in [6.07, 6.45) is 3.91. The van der Waals surface area contributed by atoms with Crippen LogP contribution in [0.1, 0.15) is 5.56 Å². The van der Waals surface area contributed by atoms with Crippen LogP contribution in [0.5, 0.6) is 0 Å². The number of carbonyl (C=O) groups is 1. The van der Waals surface area contributed by atoms with E-state index >= 15 is 0 Å². The molecule has 80 valence electrons. The molecule has 1 aromatic carbocycles. The number of carbonyl (C=O) groups excluding carboxylic acids is 1. The quantitative estimate of drug-likeness (QED) is 0.450. The summed E-state index contributed by atoms with van der Waals surface area (Å²) in [6, 6.07) is 10.2. The van der Waals surface area contributed by atoms with Gasteiger partial charge in [-0.25, -0.2) is 4.79 Å². The number of hydrogen-bond donors (Lipinski definition) is 1. The normalized spacial score (nSPS) is 10.2. The highest BCUT2D eigenvalue weighted by molar-refractivity contribution is 5.81. The zero-order valence-electron chi connectivity index (χ0n) is 8.77. The van der Waals surface area contributed by atoms with E-state index in [1.165, 1.54) is 18.7 Å². The number of ether oxygens (including phenoxy) is 1. The predicted molar refractivity (Wildman–Crippen MR) is 59.3 cm³/mol. The minimum atomic E-state index is -0.345. The summed E-state index contributed by atoms with van der Waals surface area (Å²) in [7, 11) is 1.36. The molecule has 0 spiro atoms. The lowest BCUT2D eigenvalue weighted by Gasteiger charge is -2.00. The molecule has 0 unspecified atom stereocenters. The summed E-state index contributed by atoms with van der Waals surface area (Å²) in [6.45, 7) is 0.803. The highest BCUT2D eigenvalue weighted by atomic mass is 16.5. The average molecular weight is 205 g/mol. The molecule has 15 heavy (non-hydrogen) atoms. The van der Waals surface area contributed by atoms with Crippen molar-refractivity contribution in [3.05, 3.63) is 48.2 Å². The molecule has 0 aliphatic heterocycles. The molecule has 0 amide bonds. The Labute approximate surface area is 89.8 Å². The molecular weight excluding hydrogens is 190 g/mol. The third-order valence-electron chi connectivity index (χ3n) is 1.94. The van der Waals surface area contributed by atoms with Gasteiger partial charge in [0.25, 0.3) is 0 Å². The van der Waals surface area contributed by atoms with Gasteiger partial charge in [-0.1, -0.05) is 30.3 Å². The van der Waals surface area contributed by atoms with E-state index in [0.29, 0.717) is 0 Å². The van der Waals surface area contributed by atoms with Crippen molar-refractivity contribution < 1.29 is 9.53 Å². The van der Waals surface area contributed by atoms with E-state index in [1.807, 2.05) is 18.2 Å². The monoisotopic (exact) mass is 205 g/mol. The van der Waals surface area contributed by atoms with Gasteiger partial charge in [0.1, 0.15) is 0 Å². The summed E-state index contributed by atoms with van der Waals surface area (Å²) < 4.78 is 4.45. The summed E-state index contributed by atoms with van der Waals surface area (Å²) in [5.74, 6) is -0.345. The van der Waals surface area contributed by atoms with Gasteiger partial charge in [0.15, 0.2) is 0 Å². The second-order valence-electron chi connectivity index (χ2n) is 3.05. The molecule has 0 heterocycles. The smallest absolute Gasteiger partial charge is 0.331 e. The van der Waals surface area contributed by atoms with E-state index in [-0.39, 0.29) is 5.97 Å². The molecule has 3 nitrogen and oxygen atoms in total. The molecule has 0 fully saturated rings. The van der Waals surface area contributed by atoms with Gasteiger partial charge in [-0.3, -0.25) is 0 Å². The fourth-order valence-electron chi connectivity index (χ4n) is 1.14. The van der Waals surface area contributed by atoms with Crippen LogP contribution < -0.4 is 5.32 Å². The van der Waals surface area contributed by atoms with Crippen LogP contribution in [0.25, 0.3) is 0 Å². The number of benzene rings is 1. The van der Waals surface area contributed by atoms with Gasteiger partial charge in [0.2, 0.25) is 0 Å². The Balaban J connectivity index is 2.17. The van der Waals surface area contributed by atoms with E-state index in [4.69, 9.17) is 0 Å². The van der Waals surface area contributed by atoms with E-state index in [1.54, 1.807) is 6.20 Å². The number of methoxy groups -OCH3 is 1. The molecule has 1 aromatic rings. The molecule has 0 saturated heterocycles. The van der Waals surface area contributed by atoms with E-state index in [9.17, 15) is 4.79 Å². The first-order valence-corrected chi connectivity index (χ1v) is 4.84. The molecule has 0 bridgehead atoms. The van der Waals surface area contributed by atoms with Gasteiger partial charge in [-0.15, -0.1) is 0 Å². The van der Waals surface area contributed by atoms with Crippen LogP contribution in [-0.2, 0) is 16.0 Å². The lowest BCUT2D eigenvalue weighted by atomic mass is 10.1. The molecule has 0 atom stereocenters. The van der Waals surface area contributed by atoms with Gasteiger partial charge in [-0.05, 0) is 12.0 Å².